The van der Waals surface area contributed by atoms with Crippen LogP contribution in [0.4, 0.5) is 15.9 Å². The zero-order valence-electron chi connectivity index (χ0n) is 8.02. The summed E-state index contributed by atoms with van der Waals surface area (Å²) in [6.07, 6.45) is 3.12. The van der Waals surface area contributed by atoms with Crippen molar-refractivity contribution in [2.24, 2.45) is 0 Å². The van der Waals surface area contributed by atoms with Gasteiger partial charge >= 0.3 is 0 Å². The average molecular weight is 211 g/mol. The molecule has 0 bridgehead atoms. The standard InChI is InChI=1S/C9H10FN3O2/c10-8-5-7(13(14)15)6-11-9(8)12-3-1-2-4-12/h5-6H,1-4H2. The average Bonchev–Trinajstić information content (AvgIpc) is 2.70. The van der Waals surface area contributed by atoms with Crippen molar-refractivity contribution in [2.45, 2.75) is 12.8 Å². The van der Waals surface area contributed by atoms with E-state index in [1.807, 2.05) is 0 Å². The van der Waals surface area contributed by atoms with Crippen LogP contribution in [0.3, 0.4) is 0 Å². The Morgan fingerprint density at radius 3 is 2.67 bits per heavy atom. The maximum atomic E-state index is 13.5. The Morgan fingerprint density at radius 2 is 2.13 bits per heavy atom. The van der Waals surface area contributed by atoms with Crippen LogP contribution in [0.5, 0.6) is 0 Å². The first kappa shape index (κ1) is 9.82. The number of anilines is 1. The van der Waals surface area contributed by atoms with E-state index in [0.29, 0.717) is 0 Å². The van der Waals surface area contributed by atoms with Gasteiger partial charge < -0.3 is 4.90 Å². The van der Waals surface area contributed by atoms with E-state index in [1.165, 1.54) is 0 Å². The van der Waals surface area contributed by atoms with Crippen LogP contribution < -0.4 is 4.90 Å². The van der Waals surface area contributed by atoms with Crippen LogP contribution >= 0.6 is 0 Å². The number of pyridine rings is 1. The van der Waals surface area contributed by atoms with Gasteiger partial charge in [-0.3, -0.25) is 10.1 Å². The fraction of sp³-hybridized carbons (Fsp3) is 0.444. The molecule has 0 unspecified atom stereocenters. The molecule has 0 atom stereocenters. The fourth-order valence-electron chi connectivity index (χ4n) is 1.68. The predicted octanol–water partition coefficient (Wildman–Crippen LogP) is 1.73. The van der Waals surface area contributed by atoms with Gasteiger partial charge in [0.1, 0.15) is 6.20 Å². The number of hydrogen-bond donors (Lipinski definition) is 0. The van der Waals surface area contributed by atoms with Crippen LogP contribution in [0, 0.1) is 15.9 Å². The van der Waals surface area contributed by atoms with Crippen molar-refractivity contribution in [2.75, 3.05) is 18.0 Å². The number of rotatable bonds is 2. The van der Waals surface area contributed by atoms with E-state index in [2.05, 4.69) is 4.98 Å². The highest BCUT2D eigenvalue weighted by Crippen LogP contribution is 2.23. The molecule has 0 N–H and O–H groups in total. The van der Waals surface area contributed by atoms with Gasteiger partial charge in [-0.2, -0.15) is 0 Å². The summed E-state index contributed by atoms with van der Waals surface area (Å²) in [4.78, 5) is 15.3. The van der Waals surface area contributed by atoms with Crippen molar-refractivity contribution in [1.29, 1.82) is 0 Å². The Bertz CT molecular complexity index is 391. The summed E-state index contributed by atoms with van der Waals surface area (Å²) in [6, 6.07) is 0.917. The van der Waals surface area contributed by atoms with Crippen molar-refractivity contribution in [3.63, 3.8) is 0 Å². The lowest BCUT2D eigenvalue weighted by Gasteiger charge is -2.16. The highest BCUT2D eigenvalue weighted by atomic mass is 19.1. The van der Waals surface area contributed by atoms with Gasteiger partial charge in [-0.1, -0.05) is 0 Å². The Balaban J connectivity index is 2.29. The Labute approximate surface area is 85.7 Å². The largest absolute Gasteiger partial charge is 0.354 e. The first-order valence-corrected chi connectivity index (χ1v) is 4.73. The van der Waals surface area contributed by atoms with Crippen LogP contribution in [0.15, 0.2) is 12.3 Å². The quantitative estimate of drug-likeness (QED) is 0.552. The van der Waals surface area contributed by atoms with Gasteiger partial charge in [-0.05, 0) is 12.8 Å². The minimum atomic E-state index is -0.649. The monoisotopic (exact) mass is 211 g/mol. The molecular formula is C9H10FN3O2. The van der Waals surface area contributed by atoms with E-state index in [0.717, 1.165) is 38.2 Å². The zero-order valence-corrected chi connectivity index (χ0v) is 8.02. The molecule has 0 radical (unpaired) electrons. The highest BCUT2D eigenvalue weighted by molar-refractivity contribution is 5.45. The van der Waals surface area contributed by atoms with Crippen molar-refractivity contribution in [3.8, 4) is 0 Å². The van der Waals surface area contributed by atoms with Crippen LogP contribution in [-0.2, 0) is 0 Å². The SMILES string of the molecule is O=[N+]([O-])c1cnc(N2CCCC2)c(F)c1. The van der Waals surface area contributed by atoms with Crippen molar-refractivity contribution >= 4 is 11.5 Å². The van der Waals surface area contributed by atoms with Crippen molar-refractivity contribution in [3.05, 3.63) is 28.2 Å². The molecule has 80 valence electrons. The normalized spacial score (nSPS) is 15.7. The van der Waals surface area contributed by atoms with Crippen LogP contribution in [0.2, 0.25) is 0 Å². The van der Waals surface area contributed by atoms with Gasteiger partial charge in [-0.25, -0.2) is 9.37 Å². The van der Waals surface area contributed by atoms with E-state index >= 15 is 0 Å². The van der Waals surface area contributed by atoms with E-state index in [1.54, 1.807) is 4.90 Å². The maximum absolute atomic E-state index is 13.5. The summed E-state index contributed by atoms with van der Waals surface area (Å²) in [7, 11) is 0. The molecule has 15 heavy (non-hydrogen) atoms. The van der Waals surface area contributed by atoms with Gasteiger partial charge in [0.15, 0.2) is 11.6 Å². The van der Waals surface area contributed by atoms with Crippen LogP contribution in [0.1, 0.15) is 12.8 Å². The molecule has 0 aromatic carbocycles. The van der Waals surface area contributed by atoms with E-state index in [9.17, 15) is 14.5 Å². The Morgan fingerprint density at radius 1 is 1.47 bits per heavy atom. The maximum Gasteiger partial charge on any atom is 0.290 e. The lowest BCUT2D eigenvalue weighted by atomic mass is 10.4. The highest BCUT2D eigenvalue weighted by Gasteiger charge is 2.19. The number of halogens is 1. The number of nitrogens with zero attached hydrogens (tertiary/aromatic N) is 3. The lowest BCUT2D eigenvalue weighted by molar-refractivity contribution is -0.385. The number of nitro groups is 1. The molecular weight excluding hydrogens is 201 g/mol. The summed E-state index contributed by atoms with van der Waals surface area (Å²) >= 11 is 0. The summed E-state index contributed by atoms with van der Waals surface area (Å²) < 4.78 is 13.5. The van der Waals surface area contributed by atoms with Gasteiger partial charge in [0.25, 0.3) is 5.69 Å². The molecule has 2 rings (SSSR count). The summed E-state index contributed by atoms with van der Waals surface area (Å²) in [5.41, 5.74) is -0.310. The van der Waals surface area contributed by atoms with Crippen molar-refractivity contribution < 1.29 is 9.31 Å². The molecule has 6 heteroatoms. The second-order valence-electron chi connectivity index (χ2n) is 3.45. The Hall–Kier alpha value is -1.72. The molecule has 1 fully saturated rings. The van der Waals surface area contributed by atoms with Crippen LogP contribution in [0.25, 0.3) is 0 Å². The molecule has 1 saturated heterocycles. The Kier molecular flexibility index (Phi) is 2.49. The molecule has 5 nitrogen and oxygen atoms in total. The summed E-state index contributed by atoms with van der Waals surface area (Å²) in [5, 5.41) is 10.4. The van der Waals surface area contributed by atoms with Gasteiger partial charge in [0.2, 0.25) is 0 Å². The van der Waals surface area contributed by atoms with Crippen LogP contribution in [-0.4, -0.2) is 23.0 Å². The van der Waals surface area contributed by atoms with Crippen molar-refractivity contribution in [1.82, 2.24) is 4.98 Å². The van der Waals surface area contributed by atoms with E-state index in [-0.39, 0.29) is 11.5 Å². The molecule has 0 aliphatic carbocycles. The zero-order chi connectivity index (χ0) is 10.8. The molecule has 2 heterocycles. The van der Waals surface area contributed by atoms with Gasteiger partial charge in [-0.15, -0.1) is 0 Å². The fourth-order valence-corrected chi connectivity index (χ4v) is 1.68. The number of aromatic nitrogens is 1. The molecule has 1 aliphatic rings. The third kappa shape index (κ3) is 1.88. The smallest absolute Gasteiger partial charge is 0.290 e. The van der Waals surface area contributed by atoms with Gasteiger partial charge in [0, 0.05) is 13.1 Å². The molecule has 0 spiro atoms. The second kappa shape index (κ2) is 3.80. The third-order valence-corrected chi connectivity index (χ3v) is 2.42. The van der Waals surface area contributed by atoms with E-state index in [4.69, 9.17) is 0 Å². The summed E-state index contributed by atoms with van der Waals surface area (Å²) in [6.45, 7) is 1.53. The summed E-state index contributed by atoms with van der Waals surface area (Å²) in [5.74, 6) is -0.399. The minimum absolute atomic E-state index is 0.220. The first-order chi connectivity index (χ1) is 7.18. The third-order valence-electron chi connectivity index (χ3n) is 2.42. The molecule has 0 saturated carbocycles. The first-order valence-electron chi connectivity index (χ1n) is 4.73. The molecule has 0 amide bonds. The minimum Gasteiger partial charge on any atom is -0.354 e. The predicted molar refractivity (Wildman–Crippen MR) is 52.3 cm³/mol. The molecule has 1 aromatic heterocycles. The van der Waals surface area contributed by atoms with Gasteiger partial charge in [0.05, 0.1) is 11.0 Å². The topological polar surface area (TPSA) is 59.3 Å². The second-order valence-corrected chi connectivity index (χ2v) is 3.45. The lowest BCUT2D eigenvalue weighted by Crippen LogP contribution is -2.20. The van der Waals surface area contributed by atoms with E-state index < -0.39 is 10.7 Å². The molecule has 1 aromatic rings. The number of hydrogen-bond acceptors (Lipinski definition) is 4. The molecule has 1 aliphatic heterocycles.